The Morgan fingerprint density at radius 2 is 1.93 bits per heavy atom. The molecule has 0 amide bonds. The Bertz CT molecular complexity index is 540. The van der Waals surface area contributed by atoms with Gasteiger partial charge in [0.2, 0.25) is 0 Å². The molecule has 0 saturated heterocycles. The van der Waals surface area contributed by atoms with Crippen molar-refractivity contribution in [2.45, 2.75) is 12.5 Å². The van der Waals surface area contributed by atoms with Gasteiger partial charge in [-0.1, -0.05) is 48.6 Å². The molecule has 1 atom stereocenters. The van der Waals surface area contributed by atoms with Gasteiger partial charge in [-0.25, -0.2) is 0 Å². The summed E-state index contributed by atoms with van der Waals surface area (Å²) in [7, 11) is 0. The Balaban J connectivity index is 2.33. The van der Waals surface area contributed by atoms with Crippen molar-refractivity contribution in [3.05, 3.63) is 53.6 Å². The molecule has 0 aromatic heterocycles. The summed E-state index contributed by atoms with van der Waals surface area (Å²) in [4.78, 5) is 0. The van der Waals surface area contributed by atoms with Crippen LogP contribution in [0.4, 0.5) is 0 Å². The van der Waals surface area contributed by atoms with Gasteiger partial charge in [0, 0.05) is 6.04 Å². The van der Waals surface area contributed by atoms with E-state index in [1.165, 1.54) is 21.9 Å². The molecule has 2 aromatic carbocycles. The Hall–Kier alpha value is -1.60. The van der Waals surface area contributed by atoms with Crippen LogP contribution in [0.1, 0.15) is 11.1 Å². The standard InChI is InChI=1S/C14H13N/c15-12-7-8-14-11(9-12)6-5-10-3-1-2-4-13(10)14/h1-8,12H,9,15H2. The molecule has 1 nitrogen and oxygen atoms in total. The van der Waals surface area contributed by atoms with Gasteiger partial charge in [0.15, 0.2) is 0 Å². The fraction of sp³-hybridized carbons (Fsp3) is 0.143. The molecule has 1 unspecified atom stereocenters. The van der Waals surface area contributed by atoms with E-state index in [9.17, 15) is 0 Å². The summed E-state index contributed by atoms with van der Waals surface area (Å²) >= 11 is 0. The van der Waals surface area contributed by atoms with Crippen molar-refractivity contribution in [1.82, 2.24) is 0 Å². The molecule has 1 aliphatic carbocycles. The number of rotatable bonds is 0. The van der Waals surface area contributed by atoms with Crippen molar-refractivity contribution in [2.24, 2.45) is 5.73 Å². The first-order valence-corrected chi connectivity index (χ1v) is 5.29. The zero-order valence-electron chi connectivity index (χ0n) is 8.48. The van der Waals surface area contributed by atoms with Crippen LogP contribution in [-0.2, 0) is 6.42 Å². The lowest BCUT2D eigenvalue weighted by Gasteiger charge is -2.17. The number of nitrogens with two attached hydrogens (primary N) is 1. The summed E-state index contributed by atoms with van der Waals surface area (Å²) in [6, 6.07) is 13.0. The first kappa shape index (κ1) is 8.69. The predicted octanol–water partition coefficient (Wildman–Crippen LogP) is 2.74. The highest BCUT2D eigenvalue weighted by molar-refractivity contribution is 5.92. The summed E-state index contributed by atoms with van der Waals surface area (Å²) in [5, 5.41) is 2.63. The molecule has 0 radical (unpaired) electrons. The van der Waals surface area contributed by atoms with Gasteiger partial charge >= 0.3 is 0 Å². The van der Waals surface area contributed by atoms with Crippen molar-refractivity contribution < 1.29 is 0 Å². The van der Waals surface area contributed by atoms with Crippen molar-refractivity contribution in [1.29, 1.82) is 0 Å². The summed E-state index contributed by atoms with van der Waals surface area (Å²) in [6.07, 6.45) is 5.21. The van der Waals surface area contributed by atoms with Gasteiger partial charge in [-0.2, -0.15) is 0 Å². The Kier molecular flexibility index (Phi) is 1.86. The summed E-state index contributed by atoms with van der Waals surface area (Å²) in [5.41, 5.74) is 8.61. The van der Waals surface area contributed by atoms with Crippen LogP contribution in [0.3, 0.4) is 0 Å². The normalized spacial score (nSPS) is 19.1. The molecule has 1 heteroatoms. The SMILES string of the molecule is NC1C=Cc2c(ccc3ccccc23)C1. The molecule has 0 fully saturated rings. The highest BCUT2D eigenvalue weighted by Gasteiger charge is 2.11. The Morgan fingerprint density at radius 3 is 2.87 bits per heavy atom. The molecule has 0 saturated carbocycles. The van der Waals surface area contributed by atoms with Gasteiger partial charge in [0.25, 0.3) is 0 Å². The van der Waals surface area contributed by atoms with Gasteiger partial charge in [-0.15, -0.1) is 0 Å². The fourth-order valence-electron chi connectivity index (χ4n) is 2.26. The average molecular weight is 195 g/mol. The minimum Gasteiger partial charge on any atom is -0.324 e. The molecule has 0 bridgehead atoms. The second kappa shape index (κ2) is 3.21. The minimum atomic E-state index is 0.179. The second-order valence-electron chi connectivity index (χ2n) is 4.09. The van der Waals surface area contributed by atoms with Crippen LogP contribution in [0.25, 0.3) is 16.8 Å². The van der Waals surface area contributed by atoms with Crippen molar-refractivity contribution >= 4 is 16.8 Å². The maximum Gasteiger partial charge on any atom is 0.0268 e. The van der Waals surface area contributed by atoms with Gasteiger partial charge in [0.05, 0.1) is 0 Å². The number of hydrogen-bond acceptors (Lipinski definition) is 1. The molecule has 0 heterocycles. The van der Waals surface area contributed by atoms with E-state index >= 15 is 0 Å². The van der Waals surface area contributed by atoms with Crippen molar-refractivity contribution in [3.8, 4) is 0 Å². The van der Waals surface area contributed by atoms with Crippen molar-refractivity contribution in [3.63, 3.8) is 0 Å². The lowest BCUT2D eigenvalue weighted by molar-refractivity contribution is 0.804. The van der Waals surface area contributed by atoms with Crippen LogP contribution in [0, 0.1) is 0 Å². The summed E-state index contributed by atoms with van der Waals surface area (Å²) in [6.45, 7) is 0. The van der Waals surface area contributed by atoms with E-state index in [2.05, 4.69) is 48.6 Å². The predicted molar refractivity (Wildman–Crippen MR) is 64.7 cm³/mol. The number of hydrogen-bond donors (Lipinski definition) is 1. The zero-order valence-corrected chi connectivity index (χ0v) is 8.48. The maximum atomic E-state index is 5.91. The van der Waals surface area contributed by atoms with E-state index < -0.39 is 0 Å². The highest BCUT2D eigenvalue weighted by Crippen LogP contribution is 2.27. The number of fused-ring (bicyclic) bond motifs is 3. The third kappa shape index (κ3) is 1.36. The Morgan fingerprint density at radius 1 is 1.07 bits per heavy atom. The summed E-state index contributed by atoms with van der Waals surface area (Å²) < 4.78 is 0. The molecule has 0 spiro atoms. The zero-order chi connectivity index (χ0) is 10.3. The molecular formula is C14H13N. The molecule has 15 heavy (non-hydrogen) atoms. The topological polar surface area (TPSA) is 26.0 Å². The van der Waals surface area contributed by atoms with E-state index in [1.807, 2.05) is 0 Å². The third-order valence-corrected chi connectivity index (χ3v) is 3.03. The molecule has 74 valence electrons. The smallest absolute Gasteiger partial charge is 0.0268 e. The van der Waals surface area contributed by atoms with E-state index in [0.29, 0.717) is 0 Å². The first-order valence-electron chi connectivity index (χ1n) is 5.29. The molecule has 2 aromatic rings. The maximum absolute atomic E-state index is 5.91. The third-order valence-electron chi connectivity index (χ3n) is 3.03. The van der Waals surface area contributed by atoms with E-state index in [-0.39, 0.29) is 6.04 Å². The van der Waals surface area contributed by atoms with Crippen LogP contribution < -0.4 is 5.73 Å². The molecule has 2 N–H and O–H groups in total. The van der Waals surface area contributed by atoms with Gasteiger partial charge < -0.3 is 5.73 Å². The van der Waals surface area contributed by atoms with Gasteiger partial charge in [-0.05, 0) is 28.3 Å². The molecule has 3 rings (SSSR count). The van der Waals surface area contributed by atoms with Crippen LogP contribution in [-0.4, -0.2) is 6.04 Å². The lowest BCUT2D eigenvalue weighted by atomic mass is 9.90. The monoisotopic (exact) mass is 195 g/mol. The van der Waals surface area contributed by atoms with E-state index in [4.69, 9.17) is 5.73 Å². The van der Waals surface area contributed by atoms with E-state index in [0.717, 1.165) is 6.42 Å². The van der Waals surface area contributed by atoms with Crippen LogP contribution in [0.5, 0.6) is 0 Å². The molecule has 0 aliphatic heterocycles. The van der Waals surface area contributed by atoms with Crippen LogP contribution in [0.2, 0.25) is 0 Å². The largest absolute Gasteiger partial charge is 0.324 e. The number of benzene rings is 2. The summed E-state index contributed by atoms with van der Waals surface area (Å²) in [5.74, 6) is 0. The Labute approximate surface area is 89.2 Å². The first-order chi connectivity index (χ1) is 7.34. The molecule has 1 aliphatic rings. The lowest BCUT2D eigenvalue weighted by Crippen LogP contribution is -2.22. The highest BCUT2D eigenvalue weighted by atomic mass is 14.6. The van der Waals surface area contributed by atoms with Gasteiger partial charge in [0.1, 0.15) is 0 Å². The molecular weight excluding hydrogens is 182 g/mol. The fourth-order valence-corrected chi connectivity index (χ4v) is 2.26. The average Bonchev–Trinajstić information content (AvgIpc) is 2.28. The quantitative estimate of drug-likeness (QED) is 0.687. The van der Waals surface area contributed by atoms with Gasteiger partial charge in [-0.3, -0.25) is 0 Å². The second-order valence-corrected chi connectivity index (χ2v) is 4.09. The van der Waals surface area contributed by atoms with E-state index in [1.54, 1.807) is 0 Å². The van der Waals surface area contributed by atoms with Crippen LogP contribution >= 0.6 is 0 Å². The van der Waals surface area contributed by atoms with Crippen molar-refractivity contribution in [2.75, 3.05) is 0 Å². The minimum absolute atomic E-state index is 0.179. The van der Waals surface area contributed by atoms with Crippen LogP contribution in [0.15, 0.2) is 42.5 Å².